The van der Waals surface area contributed by atoms with E-state index in [1.54, 1.807) is 30.1 Å². The Balaban J connectivity index is 2.11. The van der Waals surface area contributed by atoms with Crippen molar-refractivity contribution in [3.05, 3.63) is 48.0 Å². The van der Waals surface area contributed by atoms with Gasteiger partial charge in [-0.1, -0.05) is 30.3 Å². The number of benzene rings is 1. The monoisotopic (exact) mass is 201 g/mol. The molecule has 0 saturated carbocycles. The minimum Gasteiger partial charge on any atom is -0.292 e. The summed E-state index contributed by atoms with van der Waals surface area (Å²) >= 11 is 0. The quantitative estimate of drug-likeness (QED) is 0.706. The summed E-state index contributed by atoms with van der Waals surface area (Å²) in [5.41, 5.74) is 0.700. The first-order valence-electron chi connectivity index (χ1n) is 4.70. The highest BCUT2D eigenvalue weighted by atomic mass is 16.1. The zero-order valence-corrected chi connectivity index (χ0v) is 8.42. The van der Waals surface area contributed by atoms with Crippen LogP contribution in [0.1, 0.15) is 16.2 Å². The van der Waals surface area contributed by atoms with Crippen molar-refractivity contribution in [2.75, 3.05) is 0 Å². The number of carbonyl (C=O) groups is 1. The topological polar surface area (TPSA) is 47.8 Å². The average Bonchev–Trinajstić information content (AvgIpc) is 2.65. The van der Waals surface area contributed by atoms with Crippen molar-refractivity contribution < 1.29 is 4.79 Å². The lowest BCUT2D eigenvalue weighted by atomic mass is 10.1. The second kappa shape index (κ2) is 4.04. The second-order valence-electron chi connectivity index (χ2n) is 3.28. The Morgan fingerprint density at radius 2 is 2.07 bits per heavy atom. The van der Waals surface area contributed by atoms with Crippen LogP contribution in [-0.2, 0) is 6.54 Å². The third-order valence-electron chi connectivity index (χ3n) is 2.05. The Morgan fingerprint density at radius 3 is 2.67 bits per heavy atom. The van der Waals surface area contributed by atoms with Crippen LogP contribution in [0.2, 0.25) is 0 Å². The third-order valence-corrected chi connectivity index (χ3v) is 2.05. The molecule has 0 unspecified atom stereocenters. The van der Waals surface area contributed by atoms with E-state index in [1.807, 2.05) is 18.2 Å². The van der Waals surface area contributed by atoms with E-state index in [2.05, 4.69) is 10.1 Å². The van der Waals surface area contributed by atoms with Gasteiger partial charge in [-0.15, -0.1) is 0 Å². The lowest BCUT2D eigenvalue weighted by molar-refractivity contribution is 0.0967. The Morgan fingerprint density at radius 1 is 1.33 bits per heavy atom. The van der Waals surface area contributed by atoms with E-state index in [1.165, 1.54) is 0 Å². The van der Waals surface area contributed by atoms with E-state index < -0.39 is 0 Å². The van der Waals surface area contributed by atoms with Crippen molar-refractivity contribution in [2.45, 2.75) is 13.5 Å². The van der Waals surface area contributed by atoms with Crippen molar-refractivity contribution in [1.82, 2.24) is 14.8 Å². The predicted octanol–water partition coefficient (Wildman–Crippen LogP) is 1.47. The fraction of sp³-hybridized carbons (Fsp3) is 0.182. The van der Waals surface area contributed by atoms with Gasteiger partial charge in [-0.25, -0.2) is 9.67 Å². The molecule has 4 heteroatoms. The molecule has 0 aliphatic carbocycles. The zero-order valence-electron chi connectivity index (χ0n) is 8.42. The fourth-order valence-electron chi connectivity index (χ4n) is 1.33. The van der Waals surface area contributed by atoms with Gasteiger partial charge in [0, 0.05) is 5.56 Å². The molecule has 0 amide bonds. The maximum atomic E-state index is 11.7. The summed E-state index contributed by atoms with van der Waals surface area (Å²) < 4.78 is 1.55. The van der Waals surface area contributed by atoms with Gasteiger partial charge in [0.05, 0.1) is 0 Å². The van der Waals surface area contributed by atoms with Gasteiger partial charge >= 0.3 is 0 Å². The van der Waals surface area contributed by atoms with Crippen LogP contribution >= 0.6 is 0 Å². The van der Waals surface area contributed by atoms with Crippen molar-refractivity contribution in [1.29, 1.82) is 0 Å². The van der Waals surface area contributed by atoms with Crippen LogP contribution < -0.4 is 0 Å². The molecule has 1 aromatic carbocycles. The molecule has 0 radical (unpaired) electrons. The van der Waals surface area contributed by atoms with Crippen LogP contribution in [0.25, 0.3) is 0 Å². The van der Waals surface area contributed by atoms with Crippen LogP contribution in [0, 0.1) is 6.92 Å². The number of hydrogen-bond acceptors (Lipinski definition) is 3. The molecule has 4 nitrogen and oxygen atoms in total. The average molecular weight is 201 g/mol. The summed E-state index contributed by atoms with van der Waals surface area (Å²) in [5, 5.41) is 4.06. The van der Waals surface area contributed by atoms with Gasteiger partial charge in [0.1, 0.15) is 18.7 Å². The van der Waals surface area contributed by atoms with E-state index in [4.69, 9.17) is 0 Å². The van der Waals surface area contributed by atoms with Crippen LogP contribution in [0.15, 0.2) is 36.7 Å². The van der Waals surface area contributed by atoms with Gasteiger partial charge in [-0.3, -0.25) is 4.79 Å². The molecule has 76 valence electrons. The highest BCUT2D eigenvalue weighted by Gasteiger charge is 2.06. The van der Waals surface area contributed by atoms with E-state index >= 15 is 0 Å². The summed E-state index contributed by atoms with van der Waals surface area (Å²) in [6, 6.07) is 9.17. The molecule has 1 aromatic heterocycles. The SMILES string of the molecule is Cc1ncn(CC(=O)c2ccccc2)n1. The molecule has 0 aliphatic rings. The first-order valence-corrected chi connectivity index (χ1v) is 4.70. The molecule has 2 aromatic rings. The predicted molar refractivity (Wildman–Crippen MR) is 55.5 cm³/mol. The van der Waals surface area contributed by atoms with Crippen LogP contribution in [0.4, 0.5) is 0 Å². The molecule has 0 bridgehead atoms. The van der Waals surface area contributed by atoms with Gasteiger partial charge < -0.3 is 0 Å². The van der Waals surface area contributed by atoms with Gasteiger partial charge in [0.2, 0.25) is 0 Å². The Hall–Kier alpha value is -1.97. The van der Waals surface area contributed by atoms with E-state index in [0.717, 1.165) is 0 Å². The number of ketones is 1. The summed E-state index contributed by atoms with van der Waals surface area (Å²) in [6.07, 6.45) is 1.57. The van der Waals surface area contributed by atoms with Crippen molar-refractivity contribution in [2.24, 2.45) is 0 Å². The number of hydrogen-bond donors (Lipinski definition) is 0. The first-order chi connectivity index (χ1) is 7.25. The van der Waals surface area contributed by atoms with Crippen molar-refractivity contribution >= 4 is 5.78 Å². The van der Waals surface area contributed by atoms with Gasteiger partial charge in [-0.05, 0) is 6.92 Å². The fourth-order valence-corrected chi connectivity index (χ4v) is 1.33. The lowest BCUT2D eigenvalue weighted by Crippen LogP contribution is -2.10. The molecule has 0 saturated heterocycles. The van der Waals surface area contributed by atoms with Crippen LogP contribution in [-0.4, -0.2) is 20.5 Å². The number of rotatable bonds is 3. The van der Waals surface area contributed by atoms with E-state index in [9.17, 15) is 4.79 Å². The van der Waals surface area contributed by atoms with E-state index in [-0.39, 0.29) is 12.3 Å². The molecule has 0 atom stereocenters. The van der Waals surface area contributed by atoms with Crippen molar-refractivity contribution in [3.63, 3.8) is 0 Å². The summed E-state index contributed by atoms with van der Waals surface area (Å²) in [4.78, 5) is 15.7. The highest BCUT2D eigenvalue weighted by Crippen LogP contribution is 2.01. The zero-order chi connectivity index (χ0) is 10.7. The molecular weight excluding hydrogens is 190 g/mol. The normalized spacial score (nSPS) is 10.2. The van der Waals surface area contributed by atoms with Crippen molar-refractivity contribution in [3.8, 4) is 0 Å². The molecule has 0 fully saturated rings. The molecular formula is C11H11N3O. The van der Waals surface area contributed by atoms with Gasteiger partial charge in [0.15, 0.2) is 5.78 Å². The number of aromatic nitrogens is 3. The minimum atomic E-state index is 0.0421. The molecule has 15 heavy (non-hydrogen) atoms. The number of Topliss-reactive ketones (excluding diaryl/α,β-unsaturated/α-hetero) is 1. The molecule has 1 heterocycles. The molecule has 2 rings (SSSR count). The summed E-state index contributed by atoms with van der Waals surface area (Å²) in [6.45, 7) is 2.04. The molecule has 0 N–H and O–H groups in total. The standard InChI is InChI=1S/C11H11N3O/c1-9-12-8-14(13-9)7-11(15)10-5-3-2-4-6-10/h2-6,8H,7H2,1H3. The Bertz CT molecular complexity index is 462. The van der Waals surface area contributed by atoms with Gasteiger partial charge in [0.25, 0.3) is 0 Å². The Kier molecular flexibility index (Phi) is 2.58. The summed E-state index contributed by atoms with van der Waals surface area (Å²) in [7, 11) is 0. The van der Waals surface area contributed by atoms with Gasteiger partial charge in [-0.2, -0.15) is 5.10 Å². The summed E-state index contributed by atoms with van der Waals surface area (Å²) in [5.74, 6) is 0.719. The third kappa shape index (κ3) is 2.28. The maximum Gasteiger partial charge on any atom is 0.184 e. The first kappa shape index (κ1) is 9.58. The number of aryl methyl sites for hydroxylation is 1. The molecule has 0 spiro atoms. The minimum absolute atomic E-state index is 0.0421. The van der Waals surface area contributed by atoms with Crippen LogP contribution in [0.5, 0.6) is 0 Å². The highest BCUT2D eigenvalue weighted by molar-refractivity contribution is 5.95. The smallest absolute Gasteiger partial charge is 0.184 e. The largest absolute Gasteiger partial charge is 0.292 e. The van der Waals surface area contributed by atoms with Crippen LogP contribution in [0.3, 0.4) is 0 Å². The second-order valence-corrected chi connectivity index (χ2v) is 3.28. The molecule has 0 aliphatic heterocycles. The number of nitrogens with zero attached hydrogens (tertiary/aromatic N) is 3. The van der Waals surface area contributed by atoms with E-state index in [0.29, 0.717) is 11.4 Å². The maximum absolute atomic E-state index is 11.7. The lowest BCUT2D eigenvalue weighted by Gasteiger charge is -1.99. The Labute approximate surface area is 87.6 Å². The number of carbonyl (C=O) groups excluding carboxylic acids is 1.